The summed E-state index contributed by atoms with van der Waals surface area (Å²) in [6.07, 6.45) is -2.12. The molecule has 2 aromatic heterocycles. The summed E-state index contributed by atoms with van der Waals surface area (Å²) in [5.74, 6) is 0. The van der Waals surface area contributed by atoms with Gasteiger partial charge in [-0.3, -0.25) is 0 Å². The molecular weight excluding hydrogens is 403 g/mol. The van der Waals surface area contributed by atoms with Gasteiger partial charge >= 0.3 is 12.2 Å². The summed E-state index contributed by atoms with van der Waals surface area (Å²) in [5, 5.41) is 3.25. The van der Waals surface area contributed by atoms with Gasteiger partial charge in [0.1, 0.15) is 10.3 Å². The zero-order chi connectivity index (χ0) is 20.4. The van der Waals surface area contributed by atoms with Gasteiger partial charge in [-0.05, 0) is 30.7 Å². The zero-order valence-corrected chi connectivity index (χ0v) is 16.1. The van der Waals surface area contributed by atoms with E-state index in [0.29, 0.717) is 32.6 Å². The van der Waals surface area contributed by atoms with E-state index in [2.05, 4.69) is 20.2 Å². The molecule has 2 amide bonds. The van der Waals surface area contributed by atoms with Gasteiger partial charge in [0.05, 0.1) is 11.3 Å². The minimum absolute atomic E-state index is 0.233. The molecule has 6 nitrogen and oxygen atoms in total. The van der Waals surface area contributed by atoms with E-state index in [9.17, 15) is 18.0 Å². The second kappa shape index (κ2) is 7.86. The number of hydrogen-bond donors (Lipinski definition) is 1. The van der Waals surface area contributed by atoms with Gasteiger partial charge in [-0.25, -0.2) is 14.8 Å². The SMILES string of the molecule is O=C(Nc1ccccc1C(F)(F)F)N1CCCN(c2nc3cccnc3s2)CC1. The first-order valence-corrected chi connectivity index (χ1v) is 9.92. The molecule has 152 valence electrons. The van der Waals surface area contributed by atoms with Crippen LogP contribution >= 0.6 is 11.3 Å². The number of thiazole rings is 1. The summed E-state index contributed by atoms with van der Waals surface area (Å²) in [5.41, 5.74) is -0.259. The average molecular weight is 421 g/mol. The molecule has 0 atom stereocenters. The Morgan fingerprint density at radius 2 is 1.90 bits per heavy atom. The Bertz CT molecular complexity index is 989. The highest BCUT2D eigenvalue weighted by Gasteiger charge is 2.34. The standard InChI is InChI=1S/C19H18F3N5OS/c20-19(21,22)13-5-1-2-6-14(13)24-17(28)26-9-4-10-27(12-11-26)18-25-15-7-3-8-23-16(15)29-18/h1-3,5-8H,4,9-12H2,(H,24,28). The van der Waals surface area contributed by atoms with Crippen LogP contribution in [0.1, 0.15) is 12.0 Å². The highest BCUT2D eigenvalue weighted by Crippen LogP contribution is 2.34. The smallest absolute Gasteiger partial charge is 0.346 e. The van der Waals surface area contributed by atoms with Crippen molar-refractivity contribution in [3.05, 3.63) is 48.2 Å². The Hall–Kier alpha value is -2.88. The number of hydrogen-bond acceptors (Lipinski definition) is 5. The number of urea groups is 1. The number of rotatable bonds is 2. The molecule has 3 heterocycles. The summed E-state index contributed by atoms with van der Waals surface area (Å²) < 4.78 is 39.5. The van der Waals surface area contributed by atoms with Crippen LogP contribution < -0.4 is 10.2 Å². The summed E-state index contributed by atoms with van der Waals surface area (Å²) in [7, 11) is 0. The zero-order valence-electron chi connectivity index (χ0n) is 15.3. The number of benzene rings is 1. The number of alkyl halides is 3. The Morgan fingerprint density at radius 1 is 1.07 bits per heavy atom. The van der Waals surface area contributed by atoms with Crippen molar-refractivity contribution in [1.82, 2.24) is 14.9 Å². The van der Waals surface area contributed by atoms with Gasteiger partial charge in [0.2, 0.25) is 0 Å². The third kappa shape index (κ3) is 4.26. The molecule has 1 aliphatic rings. The Labute approximate surface area is 169 Å². The number of fused-ring (bicyclic) bond motifs is 1. The van der Waals surface area contributed by atoms with E-state index in [1.165, 1.54) is 29.5 Å². The molecule has 0 unspecified atom stereocenters. The lowest BCUT2D eigenvalue weighted by Gasteiger charge is -2.23. The van der Waals surface area contributed by atoms with E-state index in [0.717, 1.165) is 21.5 Å². The molecule has 0 spiro atoms. The summed E-state index contributed by atoms with van der Waals surface area (Å²) in [4.78, 5) is 26.0. The number of nitrogens with zero attached hydrogens (tertiary/aromatic N) is 4. The third-order valence-corrected chi connectivity index (χ3v) is 5.72. The average Bonchev–Trinajstić information content (AvgIpc) is 2.96. The number of aromatic nitrogens is 2. The van der Waals surface area contributed by atoms with Crippen LogP contribution in [0.5, 0.6) is 0 Å². The van der Waals surface area contributed by atoms with Crippen LogP contribution in [-0.2, 0) is 6.18 Å². The number of carbonyl (C=O) groups excluding carboxylic acids is 1. The van der Waals surface area contributed by atoms with E-state index in [4.69, 9.17) is 0 Å². The summed E-state index contributed by atoms with van der Waals surface area (Å²) in [6.45, 7) is 2.11. The molecule has 10 heteroatoms. The molecule has 1 fully saturated rings. The van der Waals surface area contributed by atoms with Gasteiger partial charge in [-0.2, -0.15) is 13.2 Å². The van der Waals surface area contributed by atoms with Gasteiger partial charge in [0.25, 0.3) is 0 Å². The van der Waals surface area contributed by atoms with Crippen molar-refractivity contribution in [2.24, 2.45) is 0 Å². The molecule has 29 heavy (non-hydrogen) atoms. The van der Waals surface area contributed by atoms with Gasteiger partial charge in [-0.15, -0.1) is 0 Å². The fraction of sp³-hybridized carbons (Fsp3) is 0.316. The monoisotopic (exact) mass is 421 g/mol. The van der Waals surface area contributed by atoms with Gasteiger partial charge < -0.3 is 15.1 Å². The van der Waals surface area contributed by atoms with E-state index in [1.54, 1.807) is 11.1 Å². The Balaban J connectivity index is 1.44. The van der Waals surface area contributed by atoms with Gasteiger partial charge in [-0.1, -0.05) is 23.5 Å². The maximum Gasteiger partial charge on any atom is 0.418 e. The maximum atomic E-state index is 13.2. The Kier molecular flexibility index (Phi) is 5.27. The minimum Gasteiger partial charge on any atom is -0.346 e. The fourth-order valence-electron chi connectivity index (χ4n) is 3.24. The van der Waals surface area contributed by atoms with E-state index in [-0.39, 0.29) is 5.69 Å². The molecule has 0 radical (unpaired) electrons. The van der Waals surface area contributed by atoms with Crippen molar-refractivity contribution in [2.75, 3.05) is 36.4 Å². The number of halogens is 3. The largest absolute Gasteiger partial charge is 0.418 e. The first-order chi connectivity index (χ1) is 13.9. The molecule has 0 bridgehead atoms. The molecular formula is C19H18F3N5OS. The third-order valence-electron chi connectivity index (χ3n) is 4.68. The van der Waals surface area contributed by atoms with Crippen molar-refractivity contribution in [2.45, 2.75) is 12.6 Å². The first-order valence-electron chi connectivity index (χ1n) is 9.10. The van der Waals surface area contributed by atoms with E-state index in [1.807, 2.05) is 12.1 Å². The first kappa shape index (κ1) is 19.4. The molecule has 3 aromatic rings. The Morgan fingerprint density at radius 3 is 2.69 bits per heavy atom. The number of amides is 2. The van der Waals surface area contributed by atoms with Crippen molar-refractivity contribution >= 4 is 38.5 Å². The minimum atomic E-state index is -4.53. The lowest BCUT2D eigenvalue weighted by atomic mass is 10.1. The number of nitrogens with one attached hydrogen (secondary N) is 1. The number of para-hydroxylation sites is 1. The van der Waals surface area contributed by atoms with Crippen LogP contribution in [0.2, 0.25) is 0 Å². The van der Waals surface area contributed by atoms with Gasteiger partial charge in [0, 0.05) is 32.4 Å². The van der Waals surface area contributed by atoms with Crippen LogP contribution in [0.25, 0.3) is 10.3 Å². The second-order valence-corrected chi connectivity index (χ2v) is 7.58. The van der Waals surface area contributed by atoms with Crippen LogP contribution in [0.3, 0.4) is 0 Å². The normalized spacial score (nSPS) is 15.4. The highest BCUT2D eigenvalue weighted by atomic mass is 32.1. The maximum absolute atomic E-state index is 13.2. The van der Waals surface area contributed by atoms with E-state index < -0.39 is 17.8 Å². The molecule has 1 aromatic carbocycles. The summed E-state index contributed by atoms with van der Waals surface area (Å²) in [6, 6.07) is 8.19. The number of anilines is 2. The molecule has 0 aliphatic carbocycles. The predicted octanol–water partition coefficient (Wildman–Crippen LogP) is 4.45. The molecule has 1 N–H and O–H groups in total. The fourth-order valence-corrected chi connectivity index (χ4v) is 4.20. The molecule has 4 rings (SSSR count). The van der Waals surface area contributed by atoms with E-state index >= 15 is 0 Å². The predicted molar refractivity (Wildman–Crippen MR) is 106 cm³/mol. The van der Waals surface area contributed by atoms with Crippen LogP contribution in [0.4, 0.5) is 28.8 Å². The van der Waals surface area contributed by atoms with Gasteiger partial charge in [0.15, 0.2) is 5.13 Å². The summed E-state index contributed by atoms with van der Waals surface area (Å²) >= 11 is 1.49. The lowest BCUT2D eigenvalue weighted by molar-refractivity contribution is -0.136. The van der Waals surface area contributed by atoms with Crippen LogP contribution in [-0.4, -0.2) is 47.1 Å². The topological polar surface area (TPSA) is 61.4 Å². The van der Waals surface area contributed by atoms with Crippen LogP contribution in [0, 0.1) is 0 Å². The number of pyridine rings is 1. The number of carbonyl (C=O) groups is 1. The molecule has 1 aliphatic heterocycles. The quantitative estimate of drug-likeness (QED) is 0.664. The van der Waals surface area contributed by atoms with Crippen molar-refractivity contribution in [3.8, 4) is 0 Å². The molecule has 0 saturated carbocycles. The van der Waals surface area contributed by atoms with Crippen molar-refractivity contribution in [3.63, 3.8) is 0 Å². The second-order valence-electron chi connectivity index (χ2n) is 6.63. The highest BCUT2D eigenvalue weighted by molar-refractivity contribution is 7.21. The van der Waals surface area contributed by atoms with Crippen molar-refractivity contribution < 1.29 is 18.0 Å². The molecule has 1 saturated heterocycles. The lowest BCUT2D eigenvalue weighted by Crippen LogP contribution is -2.38. The van der Waals surface area contributed by atoms with Crippen molar-refractivity contribution in [1.29, 1.82) is 0 Å². The van der Waals surface area contributed by atoms with Crippen LogP contribution in [0.15, 0.2) is 42.6 Å².